The van der Waals surface area contributed by atoms with E-state index < -0.39 is 34.4 Å². The molecule has 1 aliphatic rings. The molecule has 1 aliphatic heterocycles. The predicted octanol–water partition coefficient (Wildman–Crippen LogP) is -0.322. The van der Waals surface area contributed by atoms with Crippen LogP contribution in [0.15, 0.2) is 0 Å². The predicted molar refractivity (Wildman–Crippen MR) is 65.1 cm³/mol. The maximum Gasteiger partial charge on any atom is 0.323 e. The summed E-state index contributed by atoms with van der Waals surface area (Å²) in [5, 5.41) is 11.3. The molecule has 0 aromatic rings. The maximum absolute atomic E-state index is 11.8. The number of carbonyl (C=O) groups is 2. The Hall–Kier alpha value is -1.31. The number of hydrogen-bond donors (Lipinski definition) is 2. The first kappa shape index (κ1) is 14.7. The molecule has 1 atom stereocenters. The highest BCUT2D eigenvalue weighted by atomic mass is 32.2. The third-order valence-corrected chi connectivity index (χ3v) is 4.52. The van der Waals surface area contributed by atoms with E-state index in [1.807, 2.05) is 0 Å². The zero-order chi connectivity index (χ0) is 13.9. The van der Waals surface area contributed by atoms with Gasteiger partial charge < -0.3 is 15.3 Å². The molecule has 8 heteroatoms. The second kappa shape index (κ2) is 5.55. The summed E-state index contributed by atoms with van der Waals surface area (Å²) in [7, 11) is -3.06. The molecule has 1 unspecified atom stereocenters. The number of nitrogens with zero attached hydrogens (tertiary/aromatic N) is 1. The molecular formula is C10H18N2O5S. The first-order valence-corrected chi connectivity index (χ1v) is 7.53. The molecule has 1 saturated heterocycles. The molecular weight excluding hydrogens is 260 g/mol. The number of carboxylic acid groups (broad SMARTS) is 1. The second-order valence-corrected chi connectivity index (χ2v) is 6.89. The van der Waals surface area contributed by atoms with Crippen LogP contribution < -0.4 is 5.32 Å². The van der Waals surface area contributed by atoms with Gasteiger partial charge in [-0.3, -0.25) is 4.79 Å². The number of nitrogens with one attached hydrogen (secondary N) is 1. The highest BCUT2D eigenvalue weighted by Gasteiger charge is 2.30. The number of carbonyl (C=O) groups excluding carboxylic acids is 1. The molecule has 0 bridgehead atoms. The van der Waals surface area contributed by atoms with Crippen LogP contribution in [0.2, 0.25) is 0 Å². The largest absolute Gasteiger partial charge is 0.480 e. The Morgan fingerprint density at radius 3 is 2.44 bits per heavy atom. The average molecular weight is 278 g/mol. The molecule has 0 aromatic heterocycles. The van der Waals surface area contributed by atoms with Crippen molar-refractivity contribution >= 4 is 21.8 Å². The minimum atomic E-state index is -3.06. The minimum absolute atomic E-state index is 0.0680. The zero-order valence-corrected chi connectivity index (χ0v) is 11.2. The first-order valence-electron chi connectivity index (χ1n) is 5.70. The number of rotatable bonds is 4. The van der Waals surface area contributed by atoms with E-state index in [2.05, 4.69) is 5.32 Å². The molecule has 1 rings (SSSR count). The molecule has 0 saturated carbocycles. The SMILES string of the molecule is CC(C)N(CC(=O)O)C(=O)NC1CCS(=O)(=O)C1. The van der Waals surface area contributed by atoms with E-state index >= 15 is 0 Å². The van der Waals surface area contributed by atoms with Crippen LogP contribution in [0.1, 0.15) is 20.3 Å². The van der Waals surface area contributed by atoms with Gasteiger partial charge in [-0.15, -0.1) is 0 Å². The lowest BCUT2D eigenvalue weighted by atomic mass is 10.2. The summed E-state index contributed by atoms with van der Waals surface area (Å²) in [4.78, 5) is 23.6. The lowest BCUT2D eigenvalue weighted by Crippen LogP contribution is -2.49. The Balaban J connectivity index is 2.60. The molecule has 18 heavy (non-hydrogen) atoms. The quantitative estimate of drug-likeness (QED) is 0.733. The van der Waals surface area contributed by atoms with E-state index in [-0.39, 0.29) is 17.5 Å². The van der Waals surface area contributed by atoms with Gasteiger partial charge in [-0.1, -0.05) is 0 Å². The number of sulfone groups is 1. The highest BCUT2D eigenvalue weighted by Crippen LogP contribution is 2.12. The van der Waals surface area contributed by atoms with Crippen molar-refractivity contribution < 1.29 is 23.1 Å². The molecule has 1 heterocycles. The van der Waals surface area contributed by atoms with Crippen molar-refractivity contribution in [2.45, 2.75) is 32.4 Å². The van der Waals surface area contributed by atoms with E-state index in [1.54, 1.807) is 13.8 Å². The van der Waals surface area contributed by atoms with Crippen LogP contribution in [0.4, 0.5) is 4.79 Å². The van der Waals surface area contributed by atoms with Gasteiger partial charge in [0.15, 0.2) is 9.84 Å². The van der Waals surface area contributed by atoms with Crippen molar-refractivity contribution in [3.05, 3.63) is 0 Å². The Morgan fingerprint density at radius 1 is 1.44 bits per heavy atom. The van der Waals surface area contributed by atoms with Crippen molar-refractivity contribution in [1.29, 1.82) is 0 Å². The van der Waals surface area contributed by atoms with Crippen molar-refractivity contribution in [3.8, 4) is 0 Å². The van der Waals surface area contributed by atoms with Crippen LogP contribution in [0.5, 0.6) is 0 Å². The molecule has 2 amide bonds. The number of aliphatic carboxylic acids is 1. The van der Waals surface area contributed by atoms with Gasteiger partial charge in [0.05, 0.1) is 11.5 Å². The van der Waals surface area contributed by atoms with E-state index in [0.717, 1.165) is 4.90 Å². The molecule has 2 N–H and O–H groups in total. The van der Waals surface area contributed by atoms with Gasteiger partial charge in [-0.25, -0.2) is 13.2 Å². The fourth-order valence-electron chi connectivity index (χ4n) is 1.80. The fourth-order valence-corrected chi connectivity index (χ4v) is 3.47. The smallest absolute Gasteiger partial charge is 0.323 e. The first-order chi connectivity index (χ1) is 8.21. The third kappa shape index (κ3) is 4.17. The summed E-state index contributed by atoms with van der Waals surface area (Å²) < 4.78 is 22.5. The van der Waals surface area contributed by atoms with Crippen LogP contribution >= 0.6 is 0 Å². The van der Waals surface area contributed by atoms with Crippen LogP contribution in [0, 0.1) is 0 Å². The Bertz CT molecular complexity index is 432. The topological polar surface area (TPSA) is 104 Å². The van der Waals surface area contributed by atoms with E-state index in [1.165, 1.54) is 0 Å². The molecule has 0 spiro atoms. The lowest BCUT2D eigenvalue weighted by Gasteiger charge is -2.26. The van der Waals surface area contributed by atoms with Crippen molar-refractivity contribution in [3.63, 3.8) is 0 Å². The summed E-state index contributed by atoms with van der Waals surface area (Å²) in [6.07, 6.45) is 0.382. The molecule has 1 fully saturated rings. The van der Waals surface area contributed by atoms with Gasteiger partial charge >= 0.3 is 12.0 Å². The summed E-state index contributed by atoms with van der Waals surface area (Å²) >= 11 is 0. The maximum atomic E-state index is 11.8. The van der Waals surface area contributed by atoms with Crippen molar-refractivity contribution in [2.75, 3.05) is 18.1 Å². The van der Waals surface area contributed by atoms with Crippen LogP contribution in [0.25, 0.3) is 0 Å². The number of amides is 2. The number of carboxylic acids is 1. The van der Waals surface area contributed by atoms with Gasteiger partial charge in [-0.05, 0) is 20.3 Å². The number of hydrogen-bond acceptors (Lipinski definition) is 4. The molecule has 0 aliphatic carbocycles. The van der Waals surface area contributed by atoms with Gasteiger partial charge in [0.25, 0.3) is 0 Å². The Morgan fingerprint density at radius 2 is 2.06 bits per heavy atom. The minimum Gasteiger partial charge on any atom is -0.480 e. The van der Waals surface area contributed by atoms with Gasteiger partial charge in [0.2, 0.25) is 0 Å². The summed E-state index contributed by atoms with van der Waals surface area (Å²) in [6, 6.07) is -1.22. The van der Waals surface area contributed by atoms with Crippen LogP contribution in [0.3, 0.4) is 0 Å². The highest BCUT2D eigenvalue weighted by molar-refractivity contribution is 7.91. The standard InChI is InChI=1S/C10H18N2O5S/c1-7(2)12(5-9(13)14)10(15)11-8-3-4-18(16,17)6-8/h7-8H,3-6H2,1-2H3,(H,11,15)(H,13,14). The fraction of sp³-hybridized carbons (Fsp3) is 0.800. The van der Waals surface area contributed by atoms with E-state index in [4.69, 9.17) is 5.11 Å². The molecule has 0 radical (unpaired) electrons. The Kier molecular flexibility index (Phi) is 4.55. The monoisotopic (exact) mass is 278 g/mol. The van der Waals surface area contributed by atoms with Crippen LogP contribution in [-0.4, -0.2) is 60.6 Å². The lowest BCUT2D eigenvalue weighted by molar-refractivity contribution is -0.138. The molecule has 0 aromatic carbocycles. The van der Waals surface area contributed by atoms with Gasteiger partial charge in [0, 0.05) is 12.1 Å². The van der Waals surface area contributed by atoms with Crippen molar-refractivity contribution in [1.82, 2.24) is 10.2 Å². The summed E-state index contributed by atoms with van der Waals surface area (Å²) in [6.45, 7) is 3.00. The average Bonchev–Trinajstić information content (AvgIpc) is 2.53. The zero-order valence-electron chi connectivity index (χ0n) is 10.4. The van der Waals surface area contributed by atoms with Crippen molar-refractivity contribution in [2.24, 2.45) is 0 Å². The normalized spacial score (nSPS) is 21.8. The second-order valence-electron chi connectivity index (χ2n) is 4.66. The van der Waals surface area contributed by atoms with Gasteiger partial charge in [-0.2, -0.15) is 0 Å². The van der Waals surface area contributed by atoms with Crippen LogP contribution in [-0.2, 0) is 14.6 Å². The van der Waals surface area contributed by atoms with E-state index in [0.29, 0.717) is 6.42 Å². The third-order valence-electron chi connectivity index (χ3n) is 2.75. The molecule has 7 nitrogen and oxygen atoms in total. The summed E-state index contributed by atoms with van der Waals surface area (Å²) in [5.41, 5.74) is 0. The summed E-state index contributed by atoms with van der Waals surface area (Å²) in [5.74, 6) is -1.10. The Labute approximate surface area is 106 Å². The number of urea groups is 1. The van der Waals surface area contributed by atoms with E-state index in [9.17, 15) is 18.0 Å². The van der Waals surface area contributed by atoms with Gasteiger partial charge in [0.1, 0.15) is 6.54 Å². The molecule has 104 valence electrons.